The summed E-state index contributed by atoms with van der Waals surface area (Å²) in [7, 11) is 0. The van der Waals surface area contributed by atoms with E-state index < -0.39 is 17.5 Å². The van der Waals surface area contributed by atoms with Gasteiger partial charge in [-0.05, 0) is 30.7 Å². The fourth-order valence-electron chi connectivity index (χ4n) is 1.86. The smallest absolute Gasteiger partial charge is 0.224 e. The number of pyridine rings is 1. The molecule has 2 N–H and O–H groups in total. The van der Waals surface area contributed by atoms with Crippen molar-refractivity contribution in [2.45, 2.75) is 26.2 Å². The van der Waals surface area contributed by atoms with E-state index in [0.717, 1.165) is 25.0 Å². The Labute approximate surface area is 131 Å². The van der Waals surface area contributed by atoms with Crippen LogP contribution in [0.3, 0.4) is 0 Å². The number of anilines is 3. The first-order valence-electron chi connectivity index (χ1n) is 7.17. The molecule has 23 heavy (non-hydrogen) atoms. The SMILES string of the molecule is CCCCC(=O)Nc1ccc(Nc2ccc(F)c(F)c2F)nc1. The van der Waals surface area contributed by atoms with Crippen LogP contribution in [0.4, 0.5) is 30.4 Å². The molecule has 0 aliphatic heterocycles. The molecule has 4 nitrogen and oxygen atoms in total. The Morgan fingerprint density at radius 1 is 1.13 bits per heavy atom. The molecule has 0 spiro atoms. The van der Waals surface area contributed by atoms with Crippen molar-refractivity contribution >= 4 is 23.1 Å². The van der Waals surface area contributed by atoms with Crippen LogP contribution in [0, 0.1) is 17.5 Å². The second kappa shape index (κ2) is 7.62. The van der Waals surface area contributed by atoms with Crippen LogP contribution < -0.4 is 10.6 Å². The lowest BCUT2D eigenvalue weighted by Crippen LogP contribution is -2.11. The molecule has 0 fully saturated rings. The van der Waals surface area contributed by atoms with Crippen molar-refractivity contribution in [3.8, 4) is 0 Å². The first-order valence-corrected chi connectivity index (χ1v) is 7.17. The normalized spacial score (nSPS) is 10.4. The Balaban J connectivity index is 2.03. The van der Waals surface area contributed by atoms with Crippen LogP contribution in [-0.4, -0.2) is 10.9 Å². The van der Waals surface area contributed by atoms with Gasteiger partial charge in [-0.2, -0.15) is 0 Å². The van der Waals surface area contributed by atoms with Crippen LogP contribution in [-0.2, 0) is 4.79 Å². The molecule has 0 saturated heterocycles. The first-order chi connectivity index (χ1) is 11.0. The van der Waals surface area contributed by atoms with Crippen molar-refractivity contribution in [3.05, 3.63) is 47.9 Å². The van der Waals surface area contributed by atoms with Gasteiger partial charge in [0.2, 0.25) is 5.91 Å². The van der Waals surface area contributed by atoms with Crippen LogP contribution in [0.15, 0.2) is 30.5 Å². The molecule has 0 saturated carbocycles. The molecular formula is C16H16F3N3O. The van der Waals surface area contributed by atoms with Crippen LogP contribution in [0.25, 0.3) is 0 Å². The Bertz CT molecular complexity index is 690. The van der Waals surface area contributed by atoms with E-state index in [2.05, 4.69) is 15.6 Å². The van der Waals surface area contributed by atoms with E-state index in [4.69, 9.17) is 0 Å². The number of unbranched alkanes of at least 4 members (excludes halogenated alkanes) is 1. The van der Waals surface area contributed by atoms with Crippen molar-refractivity contribution in [1.29, 1.82) is 0 Å². The molecule has 122 valence electrons. The zero-order valence-electron chi connectivity index (χ0n) is 12.5. The highest BCUT2D eigenvalue weighted by Gasteiger charge is 2.13. The van der Waals surface area contributed by atoms with E-state index >= 15 is 0 Å². The minimum absolute atomic E-state index is 0.110. The largest absolute Gasteiger partial charge is 0.338 e. The number of halogens is 3. The number of benzene rings is 1. The van der Waals surface area contributed by atoms with Gasteiger partial charge in [-0.15, -0.1) is 0 Å². The molecule has 2 aromatic rings. The predicted molar refractivity (Wildman–Crippen MR) is 82.0 cm³/mol. The zero-order chi connectivity index (χ0) is 16.8. The van der Waals surface area contributed by atoms with Gasteiger partial charge < -0.3 is 10.6 Å². The highest BCUT2D eigenvalue weighted by Crippen LogP contribution is 2.23. The molecule has 1 aromatic heterocycles. The van der Waals surface area contributed by atoms with E-state index in [-0.39, 0.29) is 17.4 Å². The summed E-state index contributed by atoms with van der Waals surface area (Å²) < 4.78 is 39.6. The summed E-state index contributed by atoms with van der Waals surface area (Å²) in [6, 6.07) is 4.98. The Morgan fingerprint density at radius 3 is 2.57 bits per heavy atom. The maximum Gasteiger partial charge on any atom is 0.224 e. The third-order valence-corrected chi connectivity index (χ3v) is 3.10. The van der Waals surface area contributed by atoms with Gasteiger partial charge >= 0.3 is 0 Å². The van der Waals surface area contributed by atoms with E-state index in [1.54, 1.807) is 6.07 Å². The standard InChI is InChI=1S/C16H16F3N3O/c1-2-3-4-14(23)21-10-5-8-13(20-9-10)22-12-7-6-11(17)15(18)16(12)19/h5-9H,2-4H2,1H3,(H,20,22)(H,21,23). The van der Waals surface area contributed by atoms with Gasteiger partial charge in [0.25, 0.3) is 0 Å². The number of hydrogen-bond donors (Lipinski definition) is 2. The summed E-state index contributed by atoms with van der Waals surface area (Å²) in [4.78, 5) is 15.6. The summed E-state index contributed by atoms with van der Waals surface area (Å²) in [6.07, 6.45) is 3.54. The maximum absolute atomic E-state index is 13.6. The number of hydrogen-bond acceptors (Lipinski definition) is 3. The molecule has 0 unspecified atom stereocenters. The first kappa shape index (κ1) is 16.8. The Hall–Kier alpha value is -2.57. The van der Waals surface area contributed by atoms with Crippen molar-refractivity contribution in [1.82, 2.24) is 4.98 Å². The van der Waals surface area contributed by atoms with Crippen molar-refractivity contribution in [3.63, 3.8) is 0 Å². The van der Waals surface area contributed by atoms with Gasteiger partial charge in [0, 0.05) is 6.42 Å². The van der Waals surface area contributed by atoms with E-state index in [1.165, 1.54) is 12.3 Å². The summed E-state index contributed by atoms with van der Waals surface area (Å²) in [6.45, 7) is 1.99. The average molecular weight is 323 g/mol. The molecule has 0 aliphatic carbocycles. The highest BCUT2D eigenvalue weighted by atomic mass is 19.2. The van der Waals surface area contributed by atoms with Gasteiger partial charge in [0.05, 0.1) is 17.6 Å². The number of rotatable bonds is 6. The van der Waals surface area contributed by atoms with Gasteiger partial charge in [-0.1, -0.05) is 13.3 Å². The third kappa shape index (κ3) is 4.45. The summed E-state index contributed by atoms with van der Waals surface area (Å²) in [5, 5.41) is 5.23. The van der Waals surface area contributed by atoms with Crippen molar-refractivity contribution < 1.29 is 18.0 Å². The molecule has 0 atom stereocenters. The fourth-order valence-corrected chi connectivity index (χ4v) is 1.86. The second-order valence-electron chi connectivity index (χ2n) is 4.93. The lowest BCUT2D eigenvalue weighted by atomic mass is 10.2. The minimum Gasteiger partial charge on any atom is -0.338 e. The Kier molecular flexibility index (Phi) is 5.56. The summed E-state index contributed by atoms with van der Waals surface area (Å²) >= 11 is 0. The number of carbonyl (C=O) groups is 1. The zero-order valence-corrected chi connectivity index (χ0v) is 12.5. The van der Waals surface area contributed by atoms with Crippen LogP contribution in [0.1, 0.15) is 26.2 Å². The molecule has 0 radical (unpaired) electrons. The van der Waals surface area contributed by atoms with Crippen molar-refractivity contribution in [2.75, 3.05) is 10.6 Å². The highest BCUT2D eigenvalue weighted by molar-refractivity contribution is 5.90. The predicted octanol–water partition coefficient (Wildman–Crippen LogP) is 4.37. The average Bonchev–Trinajstić information content (AvgIpc) is 2.55. The van der Waals surface area contributed by atoms with E-state index in [1.807, 2.05) is 6.92 Å². The minimum atomic E-state index is -1.55. The lowest BCUT2D eigenvalue weighted by Gasteiger charge is -2.09. The van der Waals surface area contributed by atoms with Gasteiger partial charge in [-0.3, -0.25) is 4.79 Å². The molecule has 1 amide bonds. The van der Waals surface area contributed by atoms with Gasteiger partial charge in [-0.25, -0.2) is 18.2 Å². The molecule has 1 aromatic carbocycles. The molecule has 0 aliphatic rings. The summed E-state index contributed by atoms with van der Waals surface area (Å²) in [5.74, 6) is -3.99. The van der Waals surface area contributed by atoms with E-state index in [0.29, 0.717) is 12.1 Å². The number of nitrogens with zero attached hydrogens (tertiary/aromatic N) is 1. The molecular weight excluding hydrogens is 307 g/mol. The molecule has 0 bridgehead atoms. The van der Waals surface area contributed by atoms with E-state index in [9.17, 15) is 18.0 Å². The number of carbonyl (C=O) groups excluding carboxylic acids is 1. The topological polar surface area (TPSA) is 54.0 Å². The lowest BCUT2D eigenvalue weighted by molar-refractivity contribution is -0.116. The molecule has 7 heteroatoms. The monoisotopic (exact) mass is 323 g/mol. The van der Waals surface area contributed by atoms with Gasteiger partial charge in [0.15, 0.2) is 17.5 Å². The number of amides is 1. The third-order valence-electron chi connectivity index (χ3n) is 3.10. The van der Waals surface area contributed by atoms with Gasteiger partial charge in [0.1, 0.15) is 5.82 Å². The number of nitrogens with one attached hydrogen (secondary N) is 2. The van der Waals surface area contributed by atoms with Crippen molar-refractivity contribution in [2.24, 2.45) is 0 Å². The maximum atomic E-state index is 13.6. The Morgan fingerprint density at radius 2 is 1.91 bits per heavy atom. The quantitative estimate of drug-likeness (QED) is 0.776. The molecule has 1 heterocycles. The number of aromatic nitrogens is 1. The molecule has 2 rings (SSSR count). The van der Waals surface area contributed by atoms with Crippen LogP contribution in [0.5, 0.6) is 0 Å². The summed E-state index contributed by atoms with van der Waals surface area (Å²) in [5.41, 5.74) is 0.276. The fraction of sp³-hybridized carbons (Fsp3) is 0.250. The van der Waals surface area contributed by atoms with Crippen LogP contribution in [0.2, 0.25) is 0 Å². The second-order valence-corrected chi connectivity index (χ2v) is 4.93. The van der Waals surface area contributed by atoms with Crippen LogP contribution >= 0.6 is 0 Å².